The van der Waals surface area contributed by atoms with Crippen molar-refractivity contribution in [3.8, 4) is 0 Å². The zero-order chi connectivity index (χ0) is 12.3. The maximum absolute atomic E-state index is 9.92. The van der Waals surface area contributed by atoms with E-state index in [2.05, 4.69) is 5.32 Å². The fourth-order valence-electron chi connectivity index (χ4n) is 1.66. The summed E-state index contributed by atoms with van der Waals surface area (Å²) in [5.74, 6) is 1.81. The number of hydrogen-bond donors (Lipinski definition) is 2. The molecule has 3 nitrogen and oxygen atoms in total. The van der Waals surface area contributed by atoms with Crippen molar-refractivity contribution in [2.24, 2.45) is 0 Å². The number of aliphatic hydroxyl groups excluding tert-OH is 1. The predicted molar refractivity (Wildman–Crippen MR) is 69.1 cm³/mol. The van der Waals surface area contributed by atoms with Gasteiger partial charge in [-0.2, -0.15) is 11.3 Å². The van der Waals surface area contributed by atoms with Gasteiger partial charge in [-0.1, -0.05) is 0 Å². The lowest BCUT2D eigenvalue weighted by Gasteiger charge is -2.14. The van der Waals surface area contributed by atoms with Crippen LogP contribution in [-0.2, 0) is 0 Å². The second kappa shape index (κ2) is 5.49. The molecule has 0 aliphatic rings. The van der Waals surface area contributed by atoms with Gasteiger partial charge < -0.3 is 14.8 Å². The van der Waals surface area contributed by atoms with Gasteiger partial charge in [-0.25, -0.2) is 0 Å². The number of hydrogen-bond acceptors (Lipinski definition) is 4. The molecule has 92 valence electrons. The Morgan fingerprint density at radius 2 is 2.24 bits per heavy atom. The Balaban J connectivity index is 1.86. The molecule has 0 aromatic carbocycles. The minimum Gasteiger partial charge on any atom is -0.465 e. The van der Waals surface area contributed by atoms with Crippen molar-refractivity contribution in [2.45, 2.75) is 26.0 Å². The number of nitrogens with one attached hydrogen (secondary N) is 1. The van der Waals surface area contributed by atoms with Crippen LogP contribution in [0.1, 0.15) is 36.2 Å². The molecule has 0 aliphatic carbocycles. The normalized spacial score (nSPS) is 14.8. The summed E-state index contributed by atoms with van der Waals surface area (Å²) in [6.45, 7) is 4.48. The van der Waals surface area contributed by atoms with Crippen LogP contribution in [0, 0.1) is 6.92 Å². The first-order chi connectivity index (χ1) is 8.16. The number of aryl methyl sites for hydroxylation is 1. The molecule has 2 aromatic rings. The Kier molecular flexibility index (Phi) is 3.99. The van der Waals surface area contributed by atoms with Crippen LogP contribution < -0.4 is 5.32 Å². The lowest BCUT2D eigenvalue weighted by atomic mass is 10.2. The number of rotatable bonds is 5. The third-order valence-corrected chi connectivity index (χ3v) is 3.43. The second-order valence-electron chi connectivity index (χ2n) is 4.15. The fraction of sp³-hybridized carbons (Fsp3) is 0.385. The van der Waals surface area contributed by atoms with Gasteiger partial charge in [0.1, 0.15) is 11.5 Å². The van der Waals surface area contributed by atoms with E-state index in [4.69, 9.17) is 4.42 Å². The van der Waals surface area contributed by atoms with Gasteiger partial charge in [0.2, 0.25) is 0 Å². The molecular formula is C13H17NO2S. The predicted octanol–water partition coefficient (Wildman–Crippen LogP) is 3.03. The van der Waals surface area contributed by atoms with E-state index in [1.54, 1.807) is 11.3 Å². The highest BCUT2D eigenvalue weighted by Crippen LogP contribution is 2.18. The summed E-state index contributed by atoms with van der Waals surface area (Å²) in [7, 11) is 0. The minimum absolute atomic E-state index is 0.108. The van der Waals surface area contributed by atoms with Crippen molar-refractivity contribution in [3.05, 3.63) is 46.0 Å². The fourth-order valence-corrected chi connectivity index (χ4v) is 2.36. The topological polar surface area (TPSA) is 45.4 Å². The average molecular weight is 251 g/mol. The van der Waals surface area contributed by atoms with Crippen molar-refractivity contribution in [1.29, 1.82) is 0 Å². The van der Waals surface area contributed by atoms with Crippen molar-refractivity contribution in [2.75, 3.05) is 6.54 Å². The molecule has 0 aliphatic heterocycles. The van der Waals surface area contributed by atoms with E-state index in [1.165, 1.54) is 0 Å². The molecule has 0 saturated heterocycles. The third kappa shape index (κ3) is 3.19. The van der Waals surface area contributed by atoms with Crippen LogP contribution in [0.2, 0.25) is 0 Å². The zero-order valence-corrected chi connectivity index (χ0v) is 10.8. The Labute approximate surface area is 105 Å². The third-order valence-electron chi connectivity index (χ3n) is 2.73. The zero-order valence-electron chi connectivity index (χ0n) is 10.0. The highest BCUT2D eigenvalue weighted by molar-refractivity contribution is 7.07. The molecule has 4 heteroatoms. The summed E-state index contributed by atoms with van der Waals surface area (Å²) < 4.78 is 5.53. The lowest BCUT2D eigenvalue weighted by molar-refractivity contribution is 0.169. The summed E-state index contributed by atoms with van der Waals surface area (Å²) in [5.41, 5.74) is 0.963. The van der Waals surface area contributed by atoms with E-state index >= 15 is 0 Å². The molecule has 0 radical (unpaired) electrons. The van der Waals surface area contributed by atoms with Crippen LogP contribution in [0.5, 0.6) is 0 Å². The van der Waals surface area contributed by atoms with E-state index < -0.39 is 6.10 Å². The van der Waals surface area contributed by atoms with Gasteiger partial charge in [0.25, 0.3) is 0 Å². The summed E-state index contributed by atoms with van der Waals surface area (Å²) >= 11 is 1.60. The molecule has 2 atom stereocenters. The first-order valence-electron chi connectivity index (χ1n) is 5.66. The van der Waals surface area contributed by atoms with Gasteiger partial charge in [-0.05, 0) is 48.4 Å². The highest BCUT2D eigenvalue weighted by atomic mass is 32.1. The highest BCUT2D eigenvalue weighted by Gasteiger charge is 2.12. The van der Waals surface area contributed by atoms with E-state index in [0.29, 0.717) is 6.54 Å². The molecule has 2 rings (SSSR count). The summed E-state index contributed by atoms with van der Waals surface area (Å²) in [6, 6.07) is 5.96. The number of thiophene rings is 1. The molecule has 0 saturated carbocycles. The standard InChI is InChI=1S/C13H17NO2S/c1-9-3-4-13(16-9)10(2)14-7-12(15)11-5-6-17-8-11/h3-6,8,10,12,14-15H,7H2,1-2H3. The number of furan rings is 1. The summed E-state index contributed by atoms with van der Waals surface area (Å²) in [6.07, 6.45) is -0.459. The Morgan fingerprint density at radius 1 is 1.41 bits per heavy atom. The first kappa shape index (κ1) is 12.4. The summed E-state index contributed by atoms with van der Waals surface area (Å²) in [5, 5.41) is 17.1. The van der Waals surface area contributed by atoms with Gasteiger partial charge in [0.05, 0.1) is 12.1 Å². The van der Waals surface area contributed by atoms with E-state index in [-0.39, 0.29) is 6.04 Å². The number of aliphatic hydroxyl groups is 1. The maximum atomic E-state index is 9.92. The van der Waals surface area contributed by atoms with E-state index in [1.807, 2.05) is 42.8 Å². The monoisotopic (exact) mass is 251 g/mol. The van der Waals surface area contributed by atoms with Crippen LogP contribution in [-0.4, -0.2) is 11.7 Å². The SMILES string of the molecule is Cc1ccc(C(C)NCC(O)c2ccsc2)o1. The van der Waals surface area contributed by atoms with Crippen LogP contribution >= 0.6 is 11.3 Å². The molecule has 0 spiro atoms. The molecular weight excluding hydrogens is 234 g/mol. The molecule has 0 fully saturated rings. The lowest BCUT2D eigenvalue weighted by Crippen LogP contribution is -2.24. The van der Waals surface area contributed by atoms with Crippen LogP contribution in [0.25, 0.3) is 0 Å². The van der Waals surface area contributed by atoms with Gasteiger partial charge in [-0.15, -0.1) is 0 Å². The van der Waals surface area contributed by atoms with Gasteiger partial charge in [-0.3, -0.25) is 0 Å². The van der Waals surface area contributed by atoms with Gasteiger partial charge in [0, 0.05) is 6.54 Å². The molecule has 2 aromatic heterocycles. The summed E-state index contributed by atoms with van der Waals surface area (Å²) in [4.78, 5) is 0. The van der Waals surface area contributed by atoms with Gasteiger partial charge >= 0.3 is 0 Å². The van der Waals surface area contributed by atoms with E-state index in [9.17, 15) is 5.11 Å². The van der Waals surface area contributed by atoms with Crippen LogP contribution in [0.3, 0.4) is 0 Å². The van der Waals surface area contributed by atoms with Crippen molar-refractivity contribution < 1.29 is 9.52 Å². The first-order valence-corrected chi connectivity index (χ1v) is 6.61. The largest absolute Gasteiger partial charge is 0.465 e. The second-order valence-corrected chi connectivity index (χ2v) is 4.93. The van der Waals surface area contributed by atoms with Crippen LogP contribution in [0.15, 0.2) is 33.4 Å². The minimum atomic E-state index is -0.459. The average Bonchev–Trinajstić information content (AvgIpc) is 2.95. The van der Waals surface area contributed by atoms with Gasteiger partial charge in [0.15, 0.2) is 0 Å². The van der Waals surface area contributed by atoms with E-state index in [0.717, 1.165) is 17.1 Å². The maximum Gasteiger partial charge on any atom is 0.120 e. The Hall–Kier alpha value is -1.10. The molecule has 2 N–H and O–H groups in total. The molecule has 0 bridgehead atoms. The quantitative estimate of drug-likeness (QED) is 0.858. The van der Waals surface area contributed by atoms with Crippen molar-refractivity contribution >= 4 is 11.3 Å². The molecule has 17 heavy (non-hydrogen) atoms. The van der Waals surface area contributed by atoms with Crippen molar-refractivity contribution in [3.63, 3.8) is 0 Å². The Bertz CT molecular complexity index is 450. The Morgan fingerprint density at radius 3 is 2.82 bits per heavy atom. The van der Waals surface area contributed by atoms with Crippen molar-refractivity contribution in [1.82, 2.24) is 5.32 Å². The molecule has 2 unspecified atom stereocenters. The molecule has 0 amide bonds. The van der Waals surface area contributed by atoms with Crippen LogP contribution in [0.4, 0.5) is 0 Å². The molecule has 2 heterocycles. The smallest absolute Gasteiger partial charge is 0.120 e.